The second kappa shape index (κ2) is 8.89. The number of benzene rings is 1. The van der Waals surface area contributed by atoms with Crippen molar-refractivity contribution >= 4 is 11.9 Å². The summed E-state index contributed by atoms with van der Waals surface area (Å²) in [6.07, 6.45) is 1.64. The quantitative estimate of drug-likeness (QED) is 0.668. The zero-order valence-corrected chi connectivity index (χ0v) is 17.7. The molecule has 3 atom stereocenters. The fourth-order valence-corrected chi connectivity index (χ4v) is 4.31. The van der Waals surface area contributed by atoms with Crippen LogP contribution in [0.15, 0.2) is 35.1 Å². The van der Waals surface area contributed by atoms with E-state index in [4.69, 9.17) is 4.74 Å². The molecule has 4 rings (SSSR count). The van der Waals surface area contributed by atoms with Crippen LogP contribution >= 0.6 is 0 Å². The second-order valence-electron chi connectivity index (χ2n) is 8.12. The molecule has 3 heterocycles. The molecule has 3 N–H and O–H groups in total. The van der Waals surface area contributed by atoms with Crippen LogP contribution in [0, 0.1) is 19.8 Å². The number of aryl methyl sites for hydroxylation is 2. The molecule has 0 bridgehead atoms. The molecule has 2 saturated heterocycles. The molecule has 2 fully saturated rings. The topological polar surface area (TPSA) is 114 Å². The van der Waals surface area contributed by atoms with E-state index in [0.717, 1.165) is 24.0 Å². The van der Waals surface area contributed by atoms with Gasteiger partial charge in [-0.25, -0.2) is 9.59 Å². The van der Waals surface area contributed by atoms with Crippen molar-refractivity contribution in [2.45, 2.75) is 52.0 Å². The van der Waals surface area contributed by atoms with E-state index in [-0.39, 0.29) is 36.7 Å². The third-order valence-electron chi connectivity index (χ3n) is 5.80. The van der Waals surface area contributed by atoms with E-state index in [1.54, 1.807) is 19.9 Å². The summed E-state index contributed by atoms with van der Waals surface area (Å²) in [6.45, 7) is 4.42. The normalized spacial score (nSPS) is 22.8. The van der Waals surface area contributed by atoms with Gasteiger partial charge in [0.25, 0.3) is 0 Å². The SMILES string of the molecule is Cc1cc(C)n(CC(=O)NCc2cccc([C@@H]3NC(=O)N[C@H]4OCCC[C@H]43)c2)c(=O)n1. The molecule has 2 aliphatic heterocycles. The molecule has 31 heavy (non-hydrogen) atoms. The summed E-state index contributed by atoms with van der Waals surface area (Å²) in [5.41, 5.74) is 2.79. The Labute approximate surface area is 180 Å². The van der Waals surface area contributed by atoms with Gasteiger partial charge in [-0.3, -0.25) is 9.36 Å². The van der Waals surface area contributed by atoms with Crippen LogP contribution in [-0.4, -0.2) is 34.3 Å². The first-order chi connectivity index (χ1) is 14.9. The number of nitrogens with one attached hydrogen (secondary N) is 3. The summed E-state index contributed by atoms with van der Waals surface area (Å²) < 4.78 is 7.09. The molecule has 164 valence electrons. The lowest BCUT2D eigenvalue weighted by molar-refractivity contribution is -0.121. The summed E-state index contributed by atoms with van der Waals surface area (Å²) in [7, 11) is 0. The minimum atomic E-state index is -0.430. The highest BCUT2D eigenvalue weighted by molar-refractivity contribution is 5.76. The lowest BCUT2D eigenvalue weighted by Gasteiger charge is -2.42. The average molecular weight is 425 g/mol. The number of rotatable bonds is 5. The van der Waals surface area contributed by atoms with Gasteiger partial charge < -0.3 is 20.7 Å². The van der Waals surface area contributed by atoms with E-state index in [9.17, 15) is 14.4 Å². The molecule has 0 aliphatic carbocycles. The van der Waals surface area contributed by atoms with Crippen molar-refractivity contribution in [3.63, 3.8) is 0 Å². The van der Waals surface area contributed by atoms with Crippen LogP contribution in [0.5, 0.6) is 0 Å². The molecule has 0 spiro atoms. The molecule has 0 unspecified atom stereocenters. The molecule has 9 nitrogen and oxygen atoms in total. The molecular formula is C22H27N5O4. The number of hydrogen-bond donors (Lipinski definition) is 3. The first kappa shape index (κ1) is 21.0. The van der Waals surface area contributed by atoms with Gasteiger partial charge in [-0.05, 0) is 43.9 Å². The monoisotopic (exact) mass is 425 g/mol. The summed E-state index contributed by atoms with van der Waals surface area (Å²) in [5.74, 6) is -0.114. The zero-order valence-electron chi connectivity index (χ0n) is 17.7. The van der Waals surface area contributed by atoms with E-state index >= 15 is 0 Å². The Hall–Kier alpha value is -3.20. The molecule has 1 aromatic heterocycles. The van der Waals surface area contributed by atoms with Gasteiger partial charge in [0, 0.05) is 30.5 Å². The van der Waals surface area contributed by atoms with Gasteiger partial charge in [-0.2, -0.15) is 4.98 Å². The molecule has 0 saturated carbocycles. The van der Waals surface area contributed by atoms with Gasteiger partial charge in [-0.15, -0.1) is 0 Å². The van der Waals surface area contributed by atoms with E-state index in [2.05, 4.69) is 20.9 Å². The van der Waals surface area contributed by atoms with Crippen LogP contribution in [0.3, 0.4) is 0 Å². The number of hydrogen-bond acceptors (Lipinski definition) is 5. The van der Waals surface area contributed by atoms with Crippen LogP contribution in [-0.2, 0) is 22.6 Å². The second-order valence-corrected chi connectivity index (χ2v) is 8.12. The number of nitrogens with zero attached hydrogens (tertiary/aromatic N) is 2. The van der Waals surface area contributed by atoms with E-state index < -0.39 is 5.69 Å². The number of ether oxygens (including phenoxy) is 1. The largest absolute Gasteiger partial charge is 0.358 e. The third kappa shape index (κ3) is 4.77. The fraction of sp³-hybridized carbons (Fsp3) is 0.455. The fourth-order valence-electron chi connectivity index (χ4n) is 4.31. The smallest absolute Gasteiger partial charge is 0.348 e. The van der Waals surface area contributed by atoms with E-state index in [0.29, 0.717) is 24.5 Å². The van der Waals surface area contributed by atoms with Gasteiger partial charge in [0.2, 0.25) is 5.91 Å². The first-order valence-electron chi connectivity index (χ1n) is 10.5. The Morgan fingerprint density at radius 2 is 2.10 bits per heavy atom. The van der Waals surface area contributed by atoms with Crippen molar-refractivity contribution in [3.8, 4) is 0 Å². The molecule has 1 aromatic carbocycles. The van der Waals surface area contributed by atoms with Crippen molar-refractivity contribution in [2.24, 2.45) is 5.92 Å². The van der Waals surface area contributed by atoms with Crippen LogP contribution in [0.1, 0.15) is 41.4 Å². The molecule has 2 aromatic rings. The minimum Gasteiger partial charge on any atom is -0.358 e. The number of aromatic nitrogens is 2. The Morgan fingerprint density at radius 3 is 2.90 bits per heavy atom. The van der Waals surface area contributed by atoms with Crippen LogP contribution < -0.4 is 21.6 Å². The Kier molecular flexibility index (Phi) is 6.03. The summed E-state index contributed by atoms with van der Waals surface area (Å²) in [5, 5.41) is 8.72. The predicted octanol–water partition coefficient (Wildman–Crippen LogP) is 1.28. The van der Waals surface area contributed by atoms with Crippen LogP contribution in [0.2, 0.25) is 0 Å². The highest BCUT2D eigenvalue weighted by Crippen LogP contribution is 2.34. The Morgan fingerprint density at radius 1 is 1.26 bits per heavy atom. The highest BCUT2D eigenvalue weighted by Gasteiger charge is 2.39. The van der Waals surface area contributed by atoms with Gasteiger partial charge >= 0.3 is 11.7 Å². The highest BCUT2D eigenvalue weighted by atomic mass is 16.5. The number of carbonyl (C=O) groups excluding carboxylic acids is 2. The van der Waals surface area contributed by atoms with Gasteiger partial charge in [-0.1, -0.05) is 24.3 Å². The molecular weight excluding hydrogens is 398 g/mol. The maximum Gasteiger partial charge on any atom is 0.348 e. The Bertz CT molecular complexity index is 1050. The van der Waals surface area contributed by atoms with E-state index in [1.165, 1.54) is 4.57 Å². The number of carbonyl (C=O) groups is 2. The van der Waals surface area contributed by atoms with Crippen molar-refractivity contribution < 1.29 is 14.3 Å². The minimum absolute atomic E-state index is 0.0803. The standard InChI is InChI=1S/C22H27N5O4/c1-13-9-14(2)27(22(30)24-13)12-18(28)23-11-15-5-3-6-16(10-15)19-17-7-4-8-31-20(17)26-21(29)25-19/h3,5-6,9-10,17,19-20H,4,7-8,11-12H2,1-2H3,(H,23,28)(H2,25,26,29)/t17-,19-,20-/m0/s1. The molecule has 9 heteroatoms. The predicted molar refractivity (Wildman–Crippen MR) is 113 cm³/mol. The maximum absolute atomic E-state index is 12.4. The molecule has 3 amide bonds. The van der Waals surface area contributed by atoms with E-state index in [1.807, 2.05) is 24.3 Å². The summed E-state index contributed by atoms with van der Waals surface area (Å²) in [4.78, 5) is 40.4. The first-order valence-corrected chi connectivity index (χ1v) is 10.5. The molecule has 2 aliphatic rings. The zero-order chi connectivity index (χ0) is 22.0. The number of fused-ring (bicyclic) bond motifs is 1. The van der Waals surface area contributed by atoms with Gasteiger partial charge in [0.05, 0.1) is 6.04 Å². The van der Waals surface area contributed by atoms with Crippen LogP contribution in [0.4, 0.5) is 4.79 Å². The number of amides is 3. The third-order valence-corrected chi connectivity index (χ3v) is 5.80. The van der Waals surface area contributed by atoms with Crippen molar-refractivity contribution in [1.29, 1.82) is 0 Å². The Balaban J connectivity index is 1.42. The lowest BCUT2D eigenvalue weighted by Crippen LogP contribution is -2.58. The van der Waals surface area contributed by atoms with Gasteiger partial charge in [0.1, 0.15) is 12.8 Å². The lowest BCUT2D eigenvalue weighted by atomic mass is 9.85. The molecule has 0 radical (unpaired) electrons. The van der Waals surface area contributed by atoms with Crippen molar-refractivity contribution in [1.82, 2.24) is 25.5 Å². The average Bonchev–Trinajstić information content (AvgIpc) is 2.74. The summed E-state index contributed by atoms with van der Waals surface area (Å²) in [6, 6.07) is 9.21. The van der Waals surface area contributed by atoms with Crippen molar-refractivity contribution in [2.75, 3.05) is 6.61 Å². The summed E-state index contributed by atoms with van der Waals surface area (Å²) >= 11 is 0. The maximum atomic E-state index is 12.4. The van der Waals surface area contributed by atoms with Gasteiger partial charge in [0.15, 0.2) is 0 Å². The van der Waals surface area contributed by atoms with Crippen LogP contribution in [0.25, 0.3) is 0 Å². The van der Waals surface area contributed by atoms with Crippen molar-refractivity contribution in [3.05, 3.63) is 63.3 Å². The number of urea groups is 1.